The van der Waals surface area contributed by atoms with Crippen molar-refractivity contribution in [3.63, 3.8) is 0 Å². The quantitative estimate of drug-likeness (QED) is 0.758. The molecule has 0 radical (unpaired) electrons. The predicted molar refractivity (Wildman–Crippen MR) is 80.2 cm³/mol. The molecule has 5 nitrogen and oxygen atoms in total. The number of carbonyl (C=O) groups is 1. The van der Waals surface area contributed by atoms with E-state index in [1.165, 1.54) is 0 Å². The molecule has 0 aliphatic carbocycles. The highest BCUT2D eigenvalue weighted by molar-refractivity contribution is 5.78. The normalized spacial score (nSPS) is 18.8. The number of nitriles is 1. The van der Waals surface area contributed by atoms with Crippen molar-refractivity contribution in [2.45, 2.75) is 39.7 Å². The Labute approximate surface area is 122 Å². The van der Waals surface area contributed by atoms with Crippen LogP contribution in [0.15, 0.2) is 0 Å². The number of nitrogens with one attached hydrogen (secondary N) is 1. The molecule has 20 heavy (non-hydrogen) atoms. The summed E-state index contributed by atoms with van der Waals surface area (Å²) in [5, 5.41) is 12.1. The van der Waals surface area contributed by atoms with Crippen LogP contribution in [0.1, 0.15) is 33.6 Å². The lowest BCUT2D eigenvalue weighted by molar-refractivity contribution is -0.122. The second-order valence-corrected chi connectivity index (χ2v) is 5.94. The van der Waals surface area contributed by atoms with Gasteiger partial charge >= 0.3 is 0 Å². The number of rotatable bonds is 7. The second-order valence-electron chi connectivity index (χ2n) is 5.94. The van der Waals surface area contributed by atoms with Gasteiger partial charge in [0.1, 0.15) is 0 Å². The topological polar surface area (TPSA) is 59.4 Å². The number of piperazine rings is 1. The summed E-state index contributed by atoms with van der Waals surface area (Å²) in [5.74, 6) is 0.596. The highest BCUT2D eigenvalue weighted by Gasteiger charge is 2.23. The Bertz CT molecular complexity index is 329. The van der Waals surface area contributed by atoms with Gasteiger partial charge in [-0.3, -0.25) is 14.6 Å². The fourth-order valence-corrected chi connectivity index (χ4v) is 2.41. The van der Waals surface area contributed by atoms with Crippen molar-refractivity contribution in [2.24, 2.45) is 5.92 Å². The first-order valence-corrected chi connectivity index (χ1v) is 7.69. The second kappa shape index (κ2) is 8.93. The average Bonchev–Trinajstić information content (AvgIpc) is 2.43. The molecule has 1 unspecified atom stereocenters. The van der Waals surface area contributed by atoms with E-state index in [2.05, 4.69) is 42.0 Å². The number of carbonyl (C=O) groups excluding carboxylic acids is 1. The number of hydrogen-bond donors (Lipinski definition) is 1. The summed E-state index contributed by atoms with van der Waals surface area (Å²) in [5.41, 5.74) is 0. The third kappa shape index (κ3) is 5.89. The third-order valence-corrected chi connectivity index (χ3v) is 3.63. The smallest absolute Gasteiger partial charge is 0.234 e. The maximum atomic E-state index is 11.8. The monoisotopic (exact) mass is 280 g/mol. The lowest BCUT2D eigenvalue weighted by Gasteiger charge is -2.36. The minimum atomic E-state index is 0.0388. The van der Waals surface area contributed by atoms with Crippen molar-refractivity contribution in [2.75, 3.05) is 39.3 Å². The van der Waals surface area contributed by atoms with Crippen LogP contribution in [0, 0.1) is 17.2 Å². The Morgan fingerprint density at radius 3 is 2.45 bits per heavy atom. The average molecular weight is 280 g/mol. The molecule has 0 saturated carbocycles. The maximum Gasteiger partial charge on any atom is 0.234 e. The van der Waals surface area contributed by atoms with Crippen LogP contribution in [-0.2, 0) is 4.79 Å². The molecule has 1 fully saturated rings. The molecule has 1 N–H and O–H groups in total. The van der Waals surface area contributed by atoms with Gasteiger partial charge in [0.15, 0.2) is 0 Å². The molecule has 0 bridgehead atoms. The Morgan fingerprint density at radius 2 is 1.95 bits per heavy atom. The minimum Gasteiger partial charge on any atom is -0.355 e. The number of hydrogen-bond acceptors (Lipinski definition) is 4. The van der Waals surface area contributed by atoms with Crippen LogP contribution in [0.5, 0.6) is 0 Å². The summed E-state index contributed by atoms with van der Waals surface area (Å²) in [4.78, 5) is 16.2. The van der Waals surface area contributed by atoms with E-state index in [1.54, 1.807) is 0 Å². The van der Waals surface area contributed by atoms with Crippen LogP contribution in [-0.4, -0.2) is 61.0 Å². The number of nitrogens with zero attached hydrogens (tertiary/aromatic N) is 3. The Kier molecular flexibility index (Phi) is 7.56. The fraction of sp³-hybridized carbons (Fsp3) is 0.867. The van der Waals surface area contributed by atoms with Gasteiger partial charge in [-0.2, -0.15) is 5.26 Å². The van der Waals surface area contributed by atoms with Gasteiger partial charge < -0.3 is 5.32 Å². The Balaban J connectivity index is 2.28. The predicted octanol–water partition coefficient (Wildman–Crippen LogP) is 1.07. The van der Waals surface area contributed by atoms with Crippen molar-refractivity contribution < 1.29 is 4.79 Å². The van der Waals surface area contributed by atoms with Crippen molar-refractivity contribution in [3.8, 4) is 6.07 Å². The van der Waals surface area contributed by atoms with Crippen molar-refractivity contribution in [1.29, 1.82) is 5.26 Å². The first-order valence-electron chi connectivity index (χ1n) is 7.69. The molecule has 1 saturated heterocycles. The molecule has 1 amide bonds. The minimum absolute atomic E-state index is 0.0388. The molecule has 1 rings (SSSR count). The summed E-state index contributed by atoms with van der Waals surface area (Å²) in [6, 6.07) is 2.43. The van der Waals surface area contributed by atoms with E-state index in [0.717, 1.165) is 45.6 Å². The van der Waals surface area contributed by atoms with E-state index in [4.69, 9.17) is 0 Å². The molecule has 1 aliphatic rings. The summed E-state index contributed by atoms with van der Waals surface area (Å²) in [6.07, 6.45) is 1.97. The molecular weight excluding hydrogens is 252 g/mol. The highest BCUT2D eigenvalue weighted by Crippen LogP contribution is 2.10. The van der Waals surface area contributed by atoms with Crippen LogP contribution >= 0.6 is 0 Å². The highest BCUT2D eigenvalue weighted by atomic mass is 16.2. The molecule has 5 heteroatoms. The van der Waals surface area contributed by atoms with Crippen LogP contribution in [0.2, 0.25) is 0 Å². The van der Waals surface area contributed by atoms with E-state index in [9.17, 15) is 10.1 Å². The molecule has 0 spiro atoms. The maximum absolute atomic E-state index is 11.8. The van der Waals surface area contributed by atoms with Crippen LogP contribution in [0.3, 0.4) is 0 Å². The molecule has 1 heterocycles. The molecule has 0 aromatic rings. The summed E-state index contributed by atoms with van der Waals surface area (Å²) in [7, 11) is 0. The largest absolute Gasteiger partial charge is 0.355 e. The summed E-state index contributed by atoms with van der Waals surface area (Å²) >= 11 is 0. The van der Waals surface area contributed by atoms with Gasteiger partial charge in [0.25, 0.3) is 0 Å². The standard InChI is InChI=1S/C15H28N4O/c1-4-5-14(10-16)19-8-6-18(7-9-19)12-15(20)17-11-13(2)3/h13-14H,4-9,11-12H2,1-3H3,(H,17,20). The molecule has 0 aromatic carbocycles. The Morgan fingerprint density at radius 1 is 1.30 bits per heavy atom. The van der Waals surface area contributed by atoms with Gasteiger partial charge in [-0.05, 0) is 12.3 Å². The van der Waals surface area contributed by atoms with E-state index < -0.39 is 0 Å². The number of amides is 1. The molecule has 1 atom stereocenters. The van der Waals surface area contributed by atoms with E-state index in [-0.39, 0.29) is 11.9 Å². The van der Waals surface area contributed by atoms with Crippen LogP contribution in [0.4, 0.5) is 0 Å². The van der Waals surface area contributed by atoms with Crippen molar-refractivity contribution >= 4 is 5.91 Å². The van der Waals surface area contributed by atoms with Gasteiger partial charge in [-0.1, -0.05) is 27.2 Å². The fourth-order valence-electron chi connectivity index (χ4n) is 2.41. The van der Waals surface area contributed by atoms with E-state index in [0.29, 0.717) is 12.5 Å². The SMILES string of the molecule is CCCC(C#N)N1CCN(CC(=O)NCC(C)C)CC1. The summed E-state index contributed by atoms with van der Waals surface area (Å²) in [6.45, 7) is 11.0. The third-order valence-electron chi connectivity index (χ3n) is 3.63. The van der Waals surface area contributed by atoms with Gasteiger partial charge in [0.2, 0.25) is 5.91 Å². The van der Waals surface area contributed by atoms with Gasteiger partial charge in [-0.25, -0.2) is 0 Å². The summed E-state index contributed by atoms with van der Waals surface area (Å²) < 4.78 is 0. The zero-order valence-corrected chi connectivity index (χ0v) is 13.1. The van der Waals surface area contributed by atoms with Gasteiger partial charge in [0.05, 0.1) is 18.7 Å². The Hall–Kier alpha value is -1.12. The molecule has 1 aliphatic heterocycles. The lowest BCUT2D eigenvalue weighted by atomic mass is 10.1. The van der Waals surface area contributed by atoms with E-state index in [1.807, 2.05) is 0 Å². The van der Waals surface area contributed by atoms with Crippen LogP contribution in [0.25, 0.3) is 0 Å². The zero-order valence-electron chi connectivity index (χ0n) is 13.1. The van der Waals surface area contributed by atoms with Gasteiger partial charge in [0, 0.05) is 32.7 Å². The van der Waals surface area contributed by atoms with Crippen LogP contribution < -0.4 is 5.32 Å². The van der Waals surface area contributed by atoms with E-state index >= 15 is 0 Å². The molecule has 114 valence electrons. The first-order chi connectivity index (χ1) is 9.56. The van der Waals surface area contributed by atoms with Gasteiger partial charge in [-0.15, -0.1) is 0 Å². The van der Waals surface area contributed by atoms with Crippen molar-refractivity contribution in [3.05, 3.63) is 0 Å². The molecular formula is C15H28N4O. The lowest BCUT2D eigenvalue weighted by Crippen LogP contribution is -2.52. The first kappa shape index (κ1) is 16.9. The van der Waals surface area contributed by atoms with Crippen molar-refractivity contribution in [1.82, 2.24) is 15.1 Å². The zero-order chi connectivity index (χ0) is 15.0. The molecule has 0 aromatic heterocycles.